The van der Waals surface area contributed by atoms with Crippen molar-refractivity contribution >= 4 is 17.6 Å². The third-order valence-corrected chi connectivity index (χ3v) is 5.24. The predicted molar refractivity (Wildman–Crippen MR) is 121 cm³/mol. The Morgan fingerprint density at radius 1 is 1.09 bits per heavy atom. The Kier molecular flexibility index (Phi) is 5.42. The van der Waals surface area contributed by atoms with Crippen LogP contribution in [0.15, 0.2) is 47.0 Å². The van der Waals surface area contributed by atoms with Crippen molar-refractivity contribution in [3.8, 4) is 22.5 Å². The van der Waals surface area contributed by atoms with Gasteiger partial charge in [0, 0.05) is 30.4 Å². The third kappa shape index (κ3) is 4.12. The fourth-order valence-corrected chi connectivity index (χ4v) is 3.65. The van der Waals surface area contributed by atoms with E-state index in [1.54, 1.807) is 0 Å². The highest BCUT2D eigenvalue weighted by molar-refractivity contribution is 5.83. The van der Waals surface area contributed by atoms with Crippen molar-refractivity contribution in [2.24, 2.45) is 0 Å². The first-order chi connectivity index (χ1) is 15.7. The first-order valence-corrected chi connectivity index (χ1v) is 10.4. The lowest BCUT2D eigenvalue weighted by atomic mass is 10.1. The second kappa shape index (κ2) is 8.67. The van der Waals surface area contributed by atoms with Gasteiger partial charge in [-0.3, -0.25) is 5.10 Å². The molecular formula is C22H24N8O2. The summed E-state index contributed by atoms with van der Waals surface area (Å²) in [7, 11) is 0. The number of hydrogen-bond acceptors (Lipinski definition) is 9. The Hall–Kier alpha value is -3.92. The molecule has 1 aromatic carbocycles. The first kappa shape index (κ1) is 20.0. The number of anilines is 3. The molecule has 0 atom stereocenters. The largest absolute Gasteiger partial charge is 0.383 e. The van der Waals surface area contributed by atoms with Gasteiger partial charge in [0.1, 0.15) is 17.3 Å². The van der Waals surface area contributed by atoms with E-state index in [1.165, 1.54) is 0 Å². The van der Waals surface area contributed by atoms with Crippen molar-refractivity contribution in [3.63, 3.8) is 0 Å². The van der Waals surface area contributed by atoms with Crippen molar-refractivity contribution < 1.29 is 9.26 Å². The summed E-state index contributed by atoms with van der Waals surface area (Å²) in [5, 5.41) is 14.7. The van der Waals surface area contributed by atoms with Gasteiger partial charge in [0.15, 0.2) is 5.76 Å². The molecule has 4 N–H and O–H groups in total. The summed E-state index contributed by atoms with van der Waals surface area (Å²) in [6.07, 6.45) is 0. The number of aromatic nitrogens is 5. The SMILES string of the molecule is Cc1cc(-c2c(N)nc(NCc3cc(-c4ccccc4)no3)nc2N2CCOCC2)n[nH]1. The normalized spacial score (nSPS) is 14.0. The average molecular weight is 432 g/mol. The minimum atomic E-state index is 0.359. The van der Waals surface area contributed by atoms with Crippen LogP contribution in [0.4, 0.5) is 17.6 Å². The molecule has 0 amide bonds. The number of benzene rings is 1. The minimum Gasteiger partial charge on any atom is -0.383 e. The van der Waals surface area contributed by atoms with Gasteiger partial charge in [-0.15, -0.1) is 0 Å². The zero-order valence-corrected chi connectivity index (χ0v) is 17.7. The zero-order chi connectivity index (χ0) is 21.9. The molecule has 1 saturated heterocycles. The molecule has 3 aromatic heterocycles. The number of morpholine rings is 1. The van der Waals surface area contributed by atoms with Gasteiger partial charge >= 0.3 is 0 Å². The van der Waals surface area contributed by atoms with Crippen LogP contribution in [0.2, 0.25) is 0 Å². The topological polar surface area (TPSA) is 131 Å². The maximum absolute atomic E-state index is 6.38. The van der Waals surface area contributed by atoms with Gasteiger partial charge < -0.3 is 25.2 Å². The van der Waals surface area contributed by atoms with Gasteiger partial charge in [-0.2, -0.15) is 15.1 Å². The van der Waals surface area contributed by atoms with Crippen molar-refractivity contribution in [2.45, 2.75) is 13.5 Å². The second-order valence-electron chi connectivity index (χ2n) is 7.56. The van der Waals surface area contributed by atoms with Crippen LogP contribution in [0, 0.1) is 6.92 Å². The van der Waals surface area contributed by atoms with Gasteiger partial charge in [0.2, 0.25) is 5.95 Å². The molecule has 4 heterocycles. The Bertz CT molecular complexity index is 1200. The van der Waals surface area contributed by atoms with Crippen LogP contribution in [-0.2, 0) is 11.3 Å². The number of ether oxygens (including phenoxy) is 1. The van der Waals surface area contributed by atoms with E-state index < -0.39 is 0 Å². The molecule has 1 fully saturated rings. The van der Waals surface area contributed by atoms with Gasteiger partial charge in [0.05, 0.1) is 31.0 Å². The van der Waals surface area contributed by atoms with Crippen molar-refractivity contribution in [1.82, 2.24) is 25.3 Å². The molecule has 0 aliphatic carbocycles. The maximum Gasteiger partial charge on any atom is 0.227 e. The van der Waals surface area contributed by atoms with Crippen LogP contribution in [0.5, 0.6) is 0 Å². The number of H-pyrrole nitrogens is 1. The van der Waals surface area contributed by atoms with E-state index in [1.807, 2.05) is 49.4 Å². The van der Waals surface area contributed by atoms with Crippen LogP contribution in [0.1, 0.15) is 11.5 Å². The first-order valence-electron chi connectivity index (χ1n) is 10.4. The van der Waals surface area contributed by atoms with E-state index in [0.717, 1.165) is 41.6 Å². The zero-order valence-electron chi connectivity index (χ0n) is 17.7. The summed E-state index contributed by atoms with van der Waals surface area (Å²) in [6.45, 7) is 5.02. The average Bonchev–Trinajstić information content (AvgIpc) is 3.47. The highest BCUT2D eigenvalue weighted by Gasteiger charge is 2.23. The number of nitrogens with one attached hydrogen (secondary N) is 2. The Labute approximate surface area is 184 Å². The van der Waals surface area contributed by atoms with Crippen LogP contribution in [0.25, 0.3) is 22.5 Å². The molecule has 0 radical (unpaired) electrons. The fourth-order valence-electron chi connectivity index (χ4n) is 3.65. The van der Waals surface area contributed by atoms with Gasteiger partial charge in [0.25, 0.3) is 0 Å². The van der Waals surface area contributed by atoms with E-state index in [0.29, 0.717) is 42.8 Å². The minimum absolute atomic E-state index is 0.359. The Balaban J connectivity index is 1.41. The quantitative estimate of drug-likeness (QED) is 0.421. The molecule has 0 bridgehead atoms. The Morgan fingerprint density at radius 2 is 1.91 bits per heavy atom. The molecule has 164 valence electrons. The molecule has 1 aliphatic heterocycles. The van der Waals surface area contributed by atoms with Crippen LogP contribution >= 0.6 is 0 Å². The number of aromatic amines is 1. The fraction of sp³-hybridized carbons (Fsp3) is 0.273. The number of nitrogen functional groups attached to an aromatic ring is 1. The molecule has 10 nitrogen and oxygen atoms in total. The summed E-state index contributed by atoms with van der Waals surface area (Å²) < 4.78 is 11.0. The number of rotatable bonds is 6. The highest BCUT2D eigenvalue weighted by Crippen LogP contribution is 2.34. The van der Waals surface area contributed by atoms with Crippen LogP contribution in [0.3, 0.4) is 0 Å². The molecule has 0 spiro atoms. The summed E-state index contributed by atoms with van der Waals surface area (Å²) >= 11 is 0. The molecule has 4 aromatic rings. The standard InChI is InChI=1S/C22H24N8O2/c1-14-11-18(28-27-14)19-20(23)25-22(26-21(19)30-7-9-31-10-8-30)24-13-16-12-17(29-32-16)15-5-3-2-4-6-15/h2-6,11-12H,7-10,13H2,1H3,(H,27,28)(H3,23,24,25,26). The van der Waals surface area contributed by atoms with Crippen LogP contribution < -0.4 is 16.0 Å². The van der Waals surface area contributed by atoms with Crippen molar-refractivity contribution in [3.05, 3.63) is 53.9 Å². The lowest BCUT2D eigenvalue weighted by Gasteiger charge is -2.29. The van der Waals surface area contributed by atoms with Crippen molar-refractivity contribution in [2.75, 3.05) is 42.3 Å². The van der Waals surface area contributed by atoms with E-state index in [9.17, 15) is 0 Å². The molecular weight excluding hydrogens is 408 g/mol. The maximum atomic E-state index is 6.38. The van der Waals surface area contributed by atoms with Gasteiger partial charge in [-0.25, -0.2) is 0 Å². The summed E-state index contributed by atoms with van der Waals surface area (Å²) in [4.78, 5) is 11.4. The van der Waals surface area contributed by atoms with E-state index in [4.69, 9.17) is 20.0 Å². The molecule has 32 heavy (non-hydrogen) atoms. The molecule has 0 unspecified atom stereocenters. The molecule has 1 aliphatic rings. The highest BCUT2D eigenvalue weighted by atomic mass is 16.5. The van der Waals surface area contributed by atoms with E-state index in [-0.39, 0.29) is 0 Å². The number of nitrogens with zero attached hydrogens (tertiary/aromatic N) is 5. The molecule has 5 rings (SSSR count). The second-order valence-corrected chi connectivity index (χ2v) is 7.56. The molecule has 10 heteroatoms. The summed E-state index contributed by atoms with van der Waals surface area (Å²) in [5.74, 6) is 2.18. The smallest absolute Gasteiger partial charge is 0.227 e. The number of hydrogen-bond donors (Lipinski definition) is 3. The third-order valence-electron chi connectivity index (χ3n) is 5.24. The Morgan fingerprint density at radius 3 is 2.66 bits per heavy atom. The summed E-state index contributed by atoms with van der Waals surface area (Å²) in [5.41, 5.74) is 10.5. The molecule has 0 saturated carbocycles. The van der Waals surface area contributed by atoms with Gasteiger partial charge in [-0.1, -0.05) is 35.5 Å². The lowest BCUT2D eigenvalue weighted by molar-refractivity contribution is 0.122. The van der Waals surface area contributed by atoms with Crippen LogP contribution in [-0.4, -0.2) is 51.6 Å². The van der Waals surface area contributed by atoms with Gasteiger partial charge in [-0.05, 0) is 13.0 Å². The predicted octanol–water partition coefficient (Wildman–Crippen LogP) is 2.86. The number of aryl methyl sites for hydroxylation is 1. The monoisotopic (exact) mass is 432 g/mol. The van der Waals surface area contributed by atoms with E-state index >= 15 is 0 Å². The van der Waals surface area contributed by atoms with Crippen molar-refractivity contribution in [1.29, 1.82) is 0 Å². The van der Waals surface area contributed by atoms with E-state index in [2.05, 4.69) is 30.6 Å². The number of nitrogens with two attached hydrogens (primary N) is 1. The lowest BCUT2D eigenvalue weighted by Crippen LogP contribution is -2.37. The summed E-state index contributed by atoms with van der Waals surface area (Å²) in [6, 6.07) is 13.7.